The molecule has 1 unspecified atom stereocenters. The molecule has 0 saturated heterocycles. The average molecular weight is 624 g/mol. The first-order valence-corrected chi connectivity index (χ1v) is 13.6. The summed E-state index contributed by atoms with van der Waals surface area (Å²) < 4.78 is 24.6. The maximum absolute atomic E-state index is 13.5. The minimum atomic E-state index is -1.09. The summed E-state index contributed by atoms with van der Waals surface area (Å²) >= 11 is 3.31. The predicted molar refractivity (Wildman–Crippen MR) is 151 cm³/mol. The Morgan fingerprint density at radius 3 is 2.12 bits per heavy atom. The van der Waals surface area contributed by atoms with Gasteiger partial charge in [-0.3, -0.25) is 14.4 Å². The number of ketones is 1. The lowest BCUT2D eigenvalue weighted by atomic mass is 10.0. The normalized spacial score (nSPS) is 12.2. The van der Waals surface area contributed by atoms with Gasteiger partial charge in [-0.05, 0) is 60.2 Å². The lowest BCUT2D eigenvalue weighted by Gasteiger charge is -2.23. The van der Waals surface area contributed by atoms with E-state index in [0.29, 0.717) is 27.1 Å². The number of amides is 4. The summed E-state index contributed by atoms with van der Waals surface area (Å²) in [6.45, 7) is 5.50. The molecule has 0 fully saturated rings. The lowest BCUT2D eigenvalue weighted by molar-refractivity contribution is -0.140. The van der Waals surface area contributed by atoms with Crippen LogP contribution < -0.4 is 30.7 Å². The standard InChI is InChI=1S/C28H36BrFN4O6/c1-6-23(25(35)27(37)31-14-17-10-20(39-4)13-21(11-17)40-5)33-26(36)24(9-16(2)3)34-28(38)32-15-18-12-19(30)7-8-22(18)29/h7-8,10-13,16,23-24H,6,9,14-15H2,1-5H3,(H,31,37)(H,33,36)(H2,32,34,38)/t23?,24-/m0/s1. The number of carbonyl (C=O) groups is 4. The number of nitrogens with one attached hydrogen (secondary N) is 4. The number of Topliss-reactive ketones (excluding diaryl/α,β-unsaturated/α-hetero) is 1. The van der Waals surface area contributed by atoms with E-state index in [-0.39, 0.29) is 31.8 Å². The van der Waals surface area contributed by atoms with Gasteiger partial charge >= 0.3 is 6.03 Å². The first-order chi connectivity index (χ1) is 19.0. The third-order valence-corrected chi connectivity index (χ3v) is 6.68. The lowest BCUT2D eigenvalue weighted by Crippen LogP contribution is -2.55. The van der Waals surface area contributed by atoms with E-state index in [1.807, 2.05) is 13.8 Å². The van der Waals surface area contributed by atoms with Crippen LogP contribution in [-0.4, -0.2) is 49.9 Å². The molecule has 218 valence electrons. The van der Waals surface area contributed by atoms with E-state index in [1.54, 1.807) is 25.1 Å². The molecule has 0 aliphatic carbocycles. The smallest absolute Gasteiger partial charge is 0.315 e. The van der Waals surface area contributed by atoms with Gasteiger partial charge in [-0.25, -0.2) is 9.18 Å². The van der Waals surface area contributed by atoms with Gasteiger partial charge in [-0.2, -0.15) is 0 Å². The van der Waals surface area contributed by atoms with Gasteiger partial charge in [0, 0.05) is 23.6 Å². The molecule has 4 amide bonds. The van der Waals surface area contributed by atoms with Crippen molar-refractivity contribution in [1.82, 2.24) is 21.3 Å². The van der Waals surface area contributed by atoms with E-state index >= 15 is 0 Å². The third-order valence-electron chi connectivity index (χ3n) is 5.91. The molecular weight excluding hydrogens is 587 g/mol. The molecule has 10 nitrogen and oxygen atoms in total. The Labute approximate surface area is 241 Å². The van der Waals surface area contributed by atoms with Crippen LogP contribution in [0.3, 0.4) is 0 Å². The highest BCUT2D eigenvalue weighted by molar-refractivity contribution is 9.10. The largest absolute Gasteiger partial charge is 0.497 e. The fourth-order valence-electron chi connectivity index (χ4n) is 3.79. The second kappa shape index (κ2) is 15.8. The summed E-state index contributed by atoms with van der Waals surface area (Å²) in [5, 5.41) is 10.4. The van der Waals surface area contributed by atoms with Crippen LogP contribution in [0.4, 0.5) is 9.18 Å². The third kappa shape index (κ3) is 10.1. The van der Waals surface area contributed by atoms with E-state index < -0.39 is 41.5 Å². The number of benzene rings is 2. The van der Waals surface area contributed by atoms with Crippen molar-refractivity contribution < 1.29 is 33.0 Å². The molecule has 40 heavy (non-hydrogen) atoms. The summed E-state index contributed by atoms with van der Waals surface area (Å²) in [4.78, 5) is 51.1. The molecule has 0 bridgehead atoms. The van der Waals surface area contributed by atoms with Crippen molar-refractivity contribution in [3.8, 4) is 11.5 Å². The Bertz CT molecular complexity index is 1190. The monoisotopic (exact) mass is 622 g/mol. The van der Waals surface area contributed by atoms with Gasteiger partial charge in [0.25, 0.3) is 5.91 Å². The van der Waals surface area contributed by atoms with E-state index in [0.717, 1.165) is 0 Å². The maximum Gasteiger partial charge on any atom is 0.315 e. The molecule has 4 N–H and O–H groups in total. The zero-order valence-electron chi connectivity index (χ0n) is 23.2. The van der Waals surface area contributed by atoms with Crippen LogP contribution in [0, 0.1) is 11.7 Å². The summed E-state index contributed by atoms with van der Waals surface area (Å²) in [5.74, 6) is -1.61. The summed E-state index contributed by atoms with van der Waals surface area (Å²) in [5.41, 5.74) is 1.18. The van der Waals surface area contributed by atoms with Crippen molar-refractivity contribution in [2.45, 2.75) is 58.8 Å². The number of ether oxygens (including phenoxy) is 2. The molecule has 0 radical (unpaired) electrons. The van der Waals surface area contributed by atoms with E-state index in [1.165, 1.54) is 32.4 Å². The fourth-order valence-corrected chi connectivity index (χ4v) is 4.17. The topological polar surface area (TPSA) is 135 Å². The Morgan fingerprint density at radius 1 is 0.900 bits per heavy atom. The number of halogens is 2. The Kier molecular flexibility index (Phi) is 12.9. The highest BCUT2D eigenvalue weighted by atomic mass is 79.9. The minimum absolute atomic E-state index is 0.0234. The molecule has 2 aromatic rings. The average Bonchev–Trinajstić information content (AvgIpc) is 2.93. The number of urea groups is 1. The fraction of sp³-hybridized carbons (Fsp3) is 0.429. The van der Waals surface area contributed by atoms with Crippen LogP contribution in [0.2, 0.25) is 0 Å². The summed E-state index contributed by atoms with van der Waals surface area (Å²) in [7, 11) is 3.01. The van der Waals surface area contributed by atoms with Crippen LogP contribution >= 0.6 is 15.9 Å². The maximum atomic E-state index is 13.5. The predicted octanol–water partition coefficient (Wildman–Crippen LogP) is 3.60. The molecule has 0 aromatic heterocycles. The Hall–Kier alpha value is -3.67. The van der Waals surface area contributed by atoms with Gasteiger partial charge in [-0.1, -0.05) is 36.7 Å². The molecule has 2 atom stereocenters. The van der Waals surface area contributed by atoms with Gasteiger partial charge in [0.05, 0.1) is 20.3 Å². The zero-order chi connectivity index (χ0) is 29.8. The van der Waals surface area contributed by atoms with Gasteiger partial charge in [0.1, 0.15) is 23.4 Å². The molecule has 0 spiro atoms. The van der Waals surface area contributed by atoms with Crippen LogP contribution in [0.1, 0.15) is 44.7 Å². The number of hydrogen-bond donors (Lipinski definition) is 4. The highest BCUT2D eigenvalue weighted by Gasteiger charge is 2.29. The zero-order valence-corrected chi connectivity index (χ0v) is 24.8. The van der Waals surface area contributed by atoms with E-state index in [4.69, 9.17) is 9.47 Å². The van der Waals surface area contributed by atoms with Crippen LogP contribution in [0.25, 0.3) is 0 Å². The Morgan fingerprint density at radius 2 is 1.55 bits per heavy atom. The first-order valence-electron chi connectivity index (χ1n) is 12.8. The van der Waals surface area contributed by atoms with Crippen molar-refractivity contribution in [1.29, 1.82) is 0 Å². The summed E-state index contributed by atoms with van der Waals surface area (Å²) in [6, 6.07) is 6.50. The quantitative estimate of drug-likeness (QED) is 0.238. The van der Waals surface area contributed by atoms with Crippen molar-refractivity contribution in [3.63, 3.8) is 0 Å². The van der Waals surface area contributed by atoms with Gasteiger partial charge in [0.2, 0.25) is 11.7 Å². The molecule has 12 heteroatoms. The highest BCUT2D eigenvalue weighted by Crippen LogP contribution is 2.22. The number of carbonyl (C=O) groups excluding carboxylic acids is 4. The van der Waals surface area contributed by atoms with Crippen molar-refractivity contribution in [2.75, 3.05) is 14.2 Å². The molecule has 2 aromatic carbocycles. The van der Waals surface area contributed by atoms with Gasteiger partial charge in [-0.15, -0.1) is 0 Å². The van der Waals surface area contributed by atoms with Crippen molar-refractivity contribution in [3.05, 3.63) is 57.8 Å². The van der Waals surface area contributed by atoms with Gasteiger partial charge < -0.3 is 30.7 Å². The number of hydrogen-bond acceptors (Lipinski definition) is 6. The van der Waals surface area contributed by atoms with Crippen molar-refractivity contribution in [2.24, 2.45) is 5.92 Å². The first kappa shape index (κ1) is 32.5. The summed E-state index contributed by atoms with van der Waals surface area (Å²) in [6.07, 6.45) is 0.455. The number of methoxy groups -OCH3 is 2. The molecule has 0 aliphatic heterocycles. The molecule has 2 rings (SSSR count). The molecule has 0 saturated carbocycles. The van der Waals surface area contributed by atoms with Crippen LogP contribution in [0.5, 0.6) is 11.5 Å². The van der Waals surface area contributed by atoms with E-state index in [9.17, 15) is 23.6 Å². The minimum Gasteiger partial charge on any atom is -0.497 e. The molecule has 0 aliphatic rings. The second-order valence-corrected chi connectivity index (χ2v) is 10.3. The van der Waals surface area contributed by atoms with Gasteiger partial charge in [0.15, 0.2) is 0 Å². The Balaban J connectivity index is 2.00. The van der Waals surface area contributed by atoms with Crippen LogP contribution in [0.15, 0.2) is 40.9 Å². The number of rotatable bonds is 14. The van der Waals surface area contributed by atoms with Crippen LogP contribution in [-0.2, 0) is 27.5 Å². The SMILES string of the molecule is CCC(NC(=O)[C@H](CC(C)C)NC(=O)NCc1cc(F)ccc1Br)C(=O)C(=O)NCc1cc(OC)cc(OC)c1. The van der Waals surface area contributed by atoms with E-state index in [2.05, 4.69) is 37.2 Å². The van der Waals surface area contributed by atoms with Crippen molar-refractivity contribution >= 4 is 39.6 Å². The molecular formula is C28H36BrFN4O6. The molecule has 0 heterocycles. The second-order valence-electron chi connectivity index (χ2n) is 9.48.